The molecule has 0 bridgehead atoms. The van der Waals surface area contributed by atoms with E-state index in [1.165, 1.54) is 0 Å². The van der Waals surface area contributed by atoms with Crippen molar-refractivity contribution in [2.75, 3.05) is 5.88 Å². The zero-order chi connectivity index (χ0) is 18.0. The van der Waals surface area contributed by atoms with E-state index < -0.39 is 0 Å². The van der Waals surface area contributed by atoms with Crippen LogP contribution >= 0.6 is 11.6 Å². The van der Waals surface area contributed by atoms with Crippen molar-refractivity contribution in [1.82, 2.24) is 4.98 Å². The van der Waals surface area contributed by atoms with Gasteiger partial charge in [-0.15, -0.1) is 11.6 Å². The highest BCUT2D eigenvalue weighted by Gasteiger charge is 2.13. The van der Waals surface area contributed by atoms with E-state index in [9.17, 15) is 0 Å². The number of hydrogen-bond donors (Lipinski definition) is 0. The van der Waals surface area contributed by atoms with E-state index in [4.69, 9.17) is 16.6 Å². The Morgan fingerprint density at radius 2 is 1.54 bits per heavy atom. The van der Waals surface area contributed by atoms with Gasteiger partial charge < -0.3 is 0 Å². The van der Waals surface area contributed by atoms with Crippen molar-refractivity contribution in [3.63, 3.8) is 0 Å². The summed E-state index contributed by atoms with van der Waals surface area (Å²) in [5.74, 6) is 0.508. The molecule has 0 N–H and O–H groups in total. The normalized spacial score (nSPS) is 12.0. The summed E-state index contributed by atoms with van der Waals surface area (Å²) in [6.07, 6.45) is 8.50. The van der Waals surface area contributed by atoms with Gasteiger partial charge in [0.1, 0.15) is 0 Å². The highest BCUT2D eigenvalue weighted by atomic mass is 35.5. The summed E-state index contributed by atoms with van der Waals surface area (Å²) < 4.78 is 0. The molecule has 1 unspecified atom stereocenters. The fourth-order valence-electron chi connectivity index (χ4n) is 2.79. The lowest BCUT2D eigenvalue weighted by molar-refractivity contribution is 0.739. The summed E-state index contributed by atoms with van der Waals surface area (Å²) in [7, 11) is 0. The van der Waals surface area contributed by atoms with Gasteiger partial charge in [0, 0.05) is 29.4 Å². The maximum Gasteiger partial charge on any atom is 0.0805 e. The monoisotopic (exact) mass is 360 g/mol. The lowest BCUT2D eigenvalue weighted by atomic mass is 10.00. The van der Waals surface area contributed by atoms with Gasteiger partial charge in [-0.25, -0.2) is 0 Å². The number of allylic oxidation sites excluding steroid dienone is 1. The second-order valence-corrected chi connectivity index (χ2v) is 6.18. The first-order chi connectivity index (χ1) is 12.9. The van der Waals surface area contributed by atoms with E-state index in [0.29, 0.717) is 5.88 Å². The third-order valence-electron chi connectivity index (χ3n) is 4.06. The molecule has 0 amide bonds. The van der Waals surface area contributed by atoms with Gasteiger partial charge in [0.25, 0.3) is 0 Å². The smallest absolute Gasteiger partial charge is 0.0805 e. The van der Waals surface area contributed by atoms with Crippen LogP contribution in [0.15, 0.2) is 102 Å². The van der Waals surface area contributed by atoms with Crippen LogP contribution in [0.25, 0.3) is 0 Å². The van der Waals surface area contributed by atoms with Crippen molar-refractivity contribution in [1.29, 1.82) is 0 Å². The Hall–Kier alpha value is -2.71. The summed E-state index contributed by atoms with van der Waals surface area (Å²) in [4.78, 5) is 9.41. The molecule has 3 rings (SSSR count). The number of aliphatic imine (C=N–C) groups is 1. The van der Waals surface area contributed by atoms with E-state index >= 15 is 0 Å². The van der Waals surface area contributed by atoms with Gasteiger partial charge in [0.2, 0.25) is 0 Å². The molecule has 0 aliphatic heterocycles. The Balaban J connectivity index is 2.06. The third-order valence-corrected chi connectivity index (χ3v) is 4.24. The van der Waals surface area contributed by atoms with E-state index in [0.717, 1.165) is 28.8 Å². The van der Waals surface area contributed by atoms with Crippen LogP contribution in [0.4, 0.5) is 0 Å². The Kier molecular flexibility index (Phi) is 6.74. The number of halogens is 1. The lowest BCUT2D eigenvalue weighted by Crippen LogP contribution is -2.07. The predicted octanol–water partition coefficient (Wildman–Crippen LogP) is 5.85. The van der Waals surface area contributed by atoms with Crippen LogP contribution in [0, 0.1) is 0 Å². The molecule has 26 heavy (non-hydrogen) atoms. The molecule has 3 aromatic rings. The molecule has 0 radical (unpaired) electrons. The molecule has 0 aliphatic carbocycles. The van der Waals surface area contributed by atoms with Crippen LogP contribution in [-0.4, -0.2) is 16.6 Å². The van der Waals surface area contributed by atoms with Crippen molar-refractivity contribution in [2.45, 2.75) is 12.5 Å². The van der Waals surface area contributed by atoms with Crippen LogP contribution < -0.4 is 0 Å². The number of nitrogens with zero attached hydrogens (tertiary/aromatic N) is 2. The van der Waals surface area contributed by atoms with E-state index in [1.54, 1.807) is 6.20 Å². The maximum absolute atomic E-state index is 5.79. The van der Waals surface area contributed by atoms with E-state index in [2.05, 4.69) is 41.4 Å². The molecule has 2 nitrogen and oxygen atoms in total. The molecule has 130 valence electrons. The first-order valence-corrected chi connectivity index (χ1v) is 9.21. The topological polar surface area (TPSA) is 25.2 Å². The second kappa shape index (κ2) is 9.69. The largest absolute Gasteiger partial charge is 0.276 e. The van der Waals surface area contributed by atoms with Crippen LogP contribution in [0.2, 0.25) is 0 Å². The highest BCUT2D eigenvalue weighted by molar-refractivity contribution is 6.18. The molecule has 0 aliphatic rings. The SMILES string of the molecule is ClC/C=C\CC(N=C(c1ccccc1)c1ccccc1)c1cccnc1. The van der Waals surface area contributed by atoms with Gasteiger partial charge in [-0.2, -0.15) is 0 Å². The Morgan fingerprint density at radius 1 is 0.885 bits per heavy atom. The zero-order valence-electron chi connectivity index (χ0n) is 14.5. The minimum Gasteiger partial charge on any atom is -0.276 e. The molecule has 1 aromatic heterocycles. The summed E-state index contributed by atoms with van der Waals surface area (Å²) >= 11 is 5.79. The van der Waals surface area contributed by atoms with Gasteiger partial charge in [0.05, 0.1) is 11.8 Å². The van der Waals surface area contributed by atoms with Crippen LogP contribution in [-0.2, 0) is 0 Å². The van der Waals surface area contributed by atoms with Gasteiger partial charge in [-0.05, 0) is 18.1 Å². The first kappa shape index (κ1) is 18.1. The average molecular weight is 361 g/mol. The average Bonchev–Trinajstić information content (AvgIpc) is 2.72. The minimum atomic E-state index is -0.0152. The number of aromatic nitrogens is 1. The van der Waals surface area contributed by atoms with Crippen LogP contribution in [0.5, 0.6) is 0 Å². The number of hydrogen-bond acceptors (Lipinski definition) is 2. The molecule has 3 heteroatoms. The fraction of sp³-hybridized carbons (Fsp3) is 0.130. The summed E-state index contributed by atoms with van der Waals surface area (Å²) in [6, 6.07) is 24.6. The zero-order valence-corrected chi connectivity index (χ0v) is 15.3. The van der Waals surface area contributed by atoms with E-state index in [-0.39, 0.29) is 6.04 Å². The Labute approximate surface area is 159 Å². The van der Waals surface area contributed by atoms with E-state index in [1.807, 2.05) is 54.7 Å². The molecule has 0 saturated carbocycles. The first-order valence-electron chi connectivity index (χ1n) is 8.68. The Bertz CT molecular complexity index is 802. The molecule has 1 heterocycles. The van der Waals surface area contributed by atoms with Gasteiger partial charge in [0.15, 0.2) is 0 Å². The highest BCUT2D eigenvalue weighted by Crippen LogP contribution is 2.24. The van der Waals surface area contributed by atoms with Crippen LogP contribution in [0.1, 0.15) is 29.2 Å². The summed E-state index contributed by atoms with van der Waals surface area (Å²) in [6.45, 7) is 0. The minimum absolute atomic E-state index is 0.0152. The standard InChI is InChI=1S/C23H21ClN2/c24-16-8-7-15-22(21-14-9-17-25-18-21)26-23(19-10-3-1-4-11-19)20-12-5-2-6-13-20/h1-14,17-18,22H,15-16H2/b8-7-. The summed E-state index contributed by atoms with van der Waals surface area (Å²) in [5, 5.41) is 0. The molecular formula is C23H21ClN2. The molecule has 1 atom stereocenters. The van der Waals surface area contributed by atoms with Crippen molar-refractivity contribution >= 4 is 17.3 Å². The quantitative estimate of drug-likeness (QED) is 0.295. The second-order valence-electron chi connectivity index (χ2n) is 5.87. The van der Waals surface area contributed by atoms with Crippen molar-refractivity contribution in [3.05, 3.63) is 114 Å². The molecule has 0 fully saturated rings. The number of pyridine rings is 1. The molecule has 0 spiro atoms. The van der Waals surface area contributed by atoms with Crippen molar-refractivity contribution in [2.24, 2.45) is 4.99 Å². The van der Waals surface area contributed by atoms with Crippen molar-refractivity contribution in [3.8, 4) is 0 Å². The molecule has 2 aromatic carbocycles. The number of rotatable bonds is 7. The fourth-order valence-corrected chi connectivity index (χ4v) is 2.91. The van der Waals surface area contributed by atoms with Gasteiger partial charge in [-0.3, -0.25) is 9.98 Å². The van der Waals surface area contributed by atoms with Crippen LogP contribution in [0.3, 0.4) is 0 Å². The number of alkyl halides is 1. The maximum atomic E-state index is 5.79. The predicted molar refractivity (Wildman–Crippen MR) is 110 cm³/mol. The Morgan fingerprint density at radius 3 is 2.08 bits per heavy atom. The third kappa shape index (κ3) is 4.90. The van der Waals surface area contributed by atoms with Gasteiger partial charge in [-0.1, -0.05) is 78.9 Å². The summed E-state index contributed by atoms with van der Waals surface area (Å²) in [5.41, 5.74) is 4.29. The molecule has 0 saturated heterocycles. The van der Waals surface area contributed by atoms with Gasteiger partial charge >= 0.3 is 0 Å². The van der Waals surface area contributed by atoms with Crippen molar-refractivity contribution < 1.29 is 0 Å². The lowest BCUT2D eigenvalue weighted by Gasteiger charge is -2.15. The molecular weight excluding hydrogens is 340 g/mol. The number of benzene rings is 2.